The molecular formula is C14H19FN2O2S. The smallest absolute Gasteiger partial charge is 0.234 e. The molecule has 4 nitrogen and oxygen atoms in total. The average molecular weight is 298 g/mol. The summed E-state index contributed by atoms with van der Waals surface area (Å²) in [5.41, 5.74) is 0.242. The van der Waals surface area contributed by atoms with Crippen LogP contribution in [0.15, 0.2) is 24.3 Å². The Morgan fingerprint density at radius 1 is 1.35 bits per heavy atom. The molecule has 1 amide bonds. The number of hydrogen-bond acceptors (Lipinski definition) is 4. The summed E-state index contributed by atoms with van der Waals surface area (Å²) in [6.07, 6.45) is 0. The van der Waals surface area contributed by atoms with Crippen LogP contribution in [0.4, 0.5) is 10.1 Å². The predicted molar refractivity (Wildman–Crippen MR) is 79.6 cm³/mol. The van der Waals surface area contributed by atoms with Crippen molar-refractivity contribution in [3.05, 3.63) is 30.1 Å². The number of nitrogens with zero attached hydrogens (tertiary/aromatic N) is 1. The Labute approximate surface area is 122 Å². The van der Waals surface area contributed by atoms with Gasteiger partial charge in [0.1, 0.15) is 5.82 Å². The molecule has 0 unspecified atom stereocenters. The predicted octanol–water partition coefficient (Wildman–Crippen LogP) is 1.83. The Balaban J connectivity index is 1.61. The monoisotopic (exact) mass is 298 g/mol. The third-order valence-corrected chi connectivity index (χ3v) is 3.97. The van der Waals surface area contributed by atoms with Crippen LogP contribution in [0.2, 0.25) is 0 Å². The van der Waals surface area contributed by atoms with Gasteiger partial charge in [-0.25, -0.2) is 4.39 Å². The van der Waals surface area contributed by atoms with Crippen molar-refractivity contribution < 1.29 is 13.9 Å². The summed E-state index contributed by atoms with van der Waals surface area (Å²) in [5, 5.41) is 2.58. The minimum absolute atomic E-state index is 0.165. The minimum Gasteiger partial charge on any atom is -0.379 e. The molecule has 1 heterocycles. The minimum atomic E-state index is -0.404. The average Bonchev–Trinajstić information content (AvgIpc) is 2.47. The Morgan fingerprint density at radius 3 is 2.85 bits per heavy atom. The van der Waals surface area contributed by atoms with Gasteiger partial charge in [-0.15, -0.1) is 0 Å². The zero-order chi connectivity index (χ0) is 14.2. The molecule has 6 heteroatoms. The van der Waals surface area contributed by atoms with E-state index in [-0.39, 0.29) is 11.6 Å². The molecule has 0 bridgehead atoms. The highest BCUT2D eigenvalue weighted by Gasteiger charge is 2.10. The van der Waals surface area contributed by atoms with Gasteiger partial charge < -0.3 is 10.1 Å². The van der Waals surface area contributed by atoms with E-state index >= 15 is 0 Å². The van der Waals surface area contributed by atoms with Crippen LogP contribution in [0.25, 0.3) is 0 Å². The third-order valence-electron chi connectivity index (χ3n) is 3.04. The number of morpholine rings is 1. The van der Waals surface area contributed by atoms with Crippen LogP contribution in [0, 0.1) is 5.82 Å². The van der Waals surface area contributed by atoms with E-state index in [1.165, 1.54) is 6.07 Å². The van der Waals surface area contributed by atoms with Crippen molar-refractivity contribution in [1.29, 1.82) is 0 Å². The Bertz CT molecular complexity index is 439. The summed E-state index contributed by atoms with van der Waals surface area (Å²) in [4.78, 5) is 14.0. The maximum Gasteiger partial charge on any atom is 0.234 e. The first-order chi connectivity index (χ1) is 9.75. The van der Waals surface area contributed by atoms with E-state index in [4.69, 9.17) is 4.74 Å². The molecule has 110 valence electrons. The number of halogens is 1. The molecular weight excluding hydrogens is 279 g/mol. The zero-order valence-corrected chi connectivity index (χ0v) is 12.1. The molecule has 1 fully saturated rings. The Hall–Kier alpha value is -1.11. The molecule has 1 saturated heterocycles. The van der Waals surface area contributed by atoms with Crippen molar-refractivity contribution in [3.63, 3.8) is 0 Å². The van der Waals surface area contributed by atoms with Gasteiger partial charge in [-0.2, -0.15) is 11.8 Å². The molecule has 0 radical (unpaired) electrons. The number of ether oxygens (including phenoxy) is 1. The molecule has 0 spiro atoms. The highest BCUT2D eigenvalue weighted by molar-refractivity contribution is 7.99. The number of carbonyl (C=O) groups is 1. The lowest BCUT2D eigenvalue weighted by molar-refractivity contribution is -0.113. The number of rotatable bonds is 6. The molecule has 2 rings (SSSR count). The van der Waals surface area contributed by atoms with Crippen LogP contribution in [-0.2, 0) is 9.53 Å². The lowest BCUT2D eigenvalue weighted by Gasteiger charge is -2.26. The quantitative estimate of drug-likeness (QED) is 0.814. The second-order valence-corrected chi connectivity index (χ2v) is 5.64. The lowest BCUT2D eigenvalue weighted by Crippen LogP contribution is -2.37. The Morgan fingerprint density at radius 2 is 2.10 bits per heavy atom. The van der Waals surface area contributed by atoms with Crippen molar-refractivity contribution >= 4 is 23.4 Å². The number of thioether (sulfide) groups is 1. The van der Waals surface area contributed by atoms with Crippen LogP contribution in [0.5, 0.6) is 0 Å². The fourth-order valence-electron chi connectivity index (χ4n) is 1.93. The summed E-state index contributed by atoms with van der Waals surface area (Å²) < 4.78 is 18.6. The number of anilines is 1. The fourth-order valence-corrected chi connectivity index (χ4v) is 2.72. The number of nitrogens with one attached hydrogen (secondary N) is 1. The highest BCUT2D eigenvalue weighted by atomic mass is 32.2. The summed E-state index contributed by atoms with van der Waals surface area (Å²) >= 11 is 1.56. The number of carbonyl (C=O) groups excluding carboxylic acids is 1. The SMILES string of the molecule is O=C(CSCCN1CCOCC1)Nc1ccccc1F. The van der Waals surface area contributed by atoms with Crippen molar-refractivity contribution in [3.8, 4) is 0 Å². The molecule has 0 aromatic heterocycles. The first kappa shape index (κ1) is 15.3. The number of benzene rings is 1. The van der Waals surface area contributed by atoms with E-state index in [0.717, 1.165) is 38.6 Å². The van der Waals surface area contributed by atoms with Crippen molar-refractivity contribution in [2.45, 2.75) is 0 Å². The largest absolute Gasteiger partial charge is 0.379 e. The first-order valence-electron chi connectivity index (χ1n) is 6.68. The van der Waals surface area contributed by atoms with Crippen LogP contribution in [0.3, 0.4) is 0 Å². The van der Waals surface area contributed by atoms with Gasteiger partial charge in [0.25, 0.3) is 0 Å². The standard InChI is InChI=1S/C14H19FN2O2S/c15-12-3-1-2-4-13(12)16-14(18)11-20-10-7-17-5-8-19-9-6-17/h1-4H,5-11H2,(H,16,18). The van der Waals surface area contributed by atoms with Crippen molar-refractivity contribution in [2.75, 3.05) is 49.7 Å². The van der Waals surface area contributed by atoms with Gasteiger partial charge >= 0.3 is 0 Å². The second kappa shape index (κ2) is 8.24. The van der Waals surface area contributed by atoms with Gasteiger partial charge in [0.2, 0.25) is 5.91 Å². The van der Waals surface area contributed by atoms with Gasteiger partial charge in [-0.3, -0.25) is 9.69 Å². The first-order valence-corrected chi connectivity index (χ1v) is 7.83. The van der Waals surface area contributed by atoms with Gasteiger partial charge in [0.05, 0.1) is 24.7 Å². The number of amides is 1. The van der Waals surface area contributed by atoms with E-state index in [9.17, 15) is 9.18 Å². The van der Waals surface area contributed by atoms with Crippen LogP contribution in [0.1, 0.15) is 0 Å². The molecule has 0 aliphatic carbocycles. The fraction of sp³-hybridized carbons (Fsp3) is 0.500. The number of hydrogen-bond donors (Lipinski definition) is 1. The van der Waals surface area contributed by atoms with Crippen molar-refractivity contribution in [1.82, 2.24) is 4.90 Å². The van der Waals surface area contributed by atoms with E-state index < -0.39 is 5.82 Å². The van der Waals surface area contributed by atoms with Gasteiger partial charge in [0, 0.05) is 25.4 Å². The van der Waals surface area contributed by atoms with E-state index in [1.807, 2.05) is 0 Å². The molecule has 0 saturated carbocycles. The van der Waals surface area contributed by atoms with Gasteiger partial charge in [0.15, 0.2) is 0 Å². The summed E-state index contributed by atoms with van der Waals surface area (Å²) in [6, 6.07) is 6.19. The van der Waals surface area contributed by atoms with E-state index in [1.54, 1.807) is 30.0 Å². The van der Waals surface area contributed by atoms with E-state index in [2.05, 4.69) is 10.2 Å². The molecule has 20 heavy (non-hydrogen) atoms. The van der Waals surface area contributed by atoms with E-state index in [0.29, 0.717) is 5.75 Å². The Kier molecular flexibility index (Phi) is 6.29. The summed E-state index contributed by atoms with van der Waals surface area (Å²) in [5.74, 6) is 0.671. The zero-order valence-electron chi connectivity index (χ0n) is 11.3. The highest BCUT2D eigenvalue weighted by Crippen LogP contribution is 2.13. The third kappa shape index (κ3) is 5.11. The maximum absolute atomic E-state index is 13.3. The topological polar surface area (TPSA) is 41.6 Å². The summed E-state index contributed by atoms with van der Waals surface area (Å²) in [7, 11) is 0. The second-order valence-electron chi connectivity index (χ2n) is 4.53. The molecule has 1 aliphatic heterocycles. The molecule has 1 aromatic carbocycles. The van der Waals surface area contributed by atoms with Crippen molar-refractivity contribution in [2.24, 2.45) is 0 Å². The van der Waals surface area contributed by atoms with Crippen LogP contribution < -0.4 is 5.32 Å². The normalized spacial score (nSPS) is 16.1. The van der Waals surface area contributed by atoms with Crippen LogP contribution in [-0.4, -0.2) is 55.2 Å². The number of para-hydroxylation sites is 1. The maximum atomic E-state index is 13.3. The van der Waals surface area contributed by atoms with Gasteiger partial charge in [-0.1, -0.05) is 12.1 Å². The van der Waals surface area contributed by atoms with Gasteiger partial charge in [-0.05, 0) is 12.1 Å². The lowest BCUT2D eigenvalue weighted by atomic mass is 10.3. The van der Waals surface area contributed by atoms with Crippen LogP contribution >= 0.6 is 11.8 Å². The molecule has 1 aromatic rings. The molecule has 0 atom stereocenters. The summed E-state index contributed by atoms with van der Waals surface area (Å²) in [6.45, 7) is 4.46. The molecule has 1 aliphatic rings. The molecule has 1 N–H and O–H groups in total.